The molecule has 6 heteroatoms. The first-order valence-corrected chi connectivity index (χ1v) is 6.01. The number of rotatable bonds is 4. The fourth-order valence-corrected chi connectivity index (χ4v) is 2.14. The molecule has 0 saturated carbocycles. The second kappa shape index (κ2) is 6.23. The van der Waals surface area contributed by atoms with E-state index in [9.17, 15) is 18.0 Å². The van der Waals surface area contributed by atoms with Gasteiger partial charge in [-0.25, -0.2) is 0 Å². The van der Waals surface area contributed by atoms with Crippen molar-refractivity contribution >= 4 is 5.91 Å². The molecule has 1 aliphatic rings. The zero-order valence-electron chi connectivity index (χ0n) is 10.0. The fourth-order valence-electron chi connectivity index (χ4n) is 2.14. The number of nitrogens with zero attached hydrogens (tertiary/aromatic N) is 1. The Labute approximate surface area is 99.4 Å². The molecule has 1 fully saturated rings. The molecule has 0 atom stereocenters. The number of carbonyl (C=O) groups is 1. The van der Waals surface area contributed by atoms with Crippen LogP contribution < -0.4 is 5.32 Å². The monoisotopic (exact) mass is 252 g/mol. The van der Waals surface area contributed by atoms with Crippen molar-refractivity contribution in [3.05, 3.63) is 0 Å². The zero-order chi connectivity index (χ0) is 12.9. The van der Waals surface area contributed by atoms with Crippen LogP contribution in [0.5, 0.6) is 0 Å². The lowest BCUT2D eigenvalue weighted by Crippen LogP contribution is -2.47. The Kier molecular flexibility index (Phi) is 5.24. The van der Waals surface area contributed by atoms with Crippen LogP contribution in [0.25, 0.3) is 0 Å². The molecular formula is C11H19F3N2O. The van der Waals surface area contributed by atoms with Crippen molar-refractivity contribution in [3.8, 4) is 0 Å². The molecular weight excluding hydrogens is 233 g/mol. The van der Waals surface area contributed by atoms with Gasteiger partial charge in [0.15, 0.2) is 0 Å². The Hall–Kier alpha value is -0.780. The van der Waals surface area contributed by atoms with E-state index in [0.29, 0.717) is 13.0 Å². The van der Waals surface area contributed by atoms with Gasteiger partial charge in [-0.1, -0.05) is 6.92 Å². The third-order valence-electron chi connectivity index (χ3n) is 2.89. The molecule has 1 heterocycles. The molecule has 1 saturated heterocycles. The Morgan fingerprint density at radius 3 is 2.41 bits per heavy atom. The average Bonchev–Trinajstić information content (AvgIpc) is 2.24. The molecule has 1 amide bonds. The van der Waals surface area contributed by atoms with Crippen molar-refractivity contribution < 1.29 is 18.0 Å². The summed E-state index contributed by atoms with van der Waals surface area (Å²) < 4.78 is 36.6. The number of alkyl halides is 3. The Bertz CT molecular complexity index is 250. The van der Waals surface area contributed by atoms with Crippen LogP contribution in [0.4, 0.5) is 13.2 Å². The molecule has 1 rings (SSSR count). The van der Waals surface area contributed by atoms with Crippen molar-refractivity contribution in [1.29, 1.82) is 0 Å². The number of nitrogens with one attached hydrogen (secondary N) is 1. The molecule has 1 aliphatic heterocycles. The third-order valence-corrected chi connectivity index (χ3v) is 2.89. The van der Waals surface area contributed by atoms with Gasteiger partial charge in [-0.2, -0.15) is 13.2 Å². The van der Waals surface area contributed by atoms with Crippen LogP contribution in [0, 0.1) is 0 Å². The first kappa shape index (κ1) is 14.3. The van der Waals surface area contributed by atoms with Crippen LogP contribution in [0.1, 0.15) is 32.6 Å². The first-order chi connectivity index (χ1) is 7.94. The smallest absolute Gasteiger partial charge is 0.339 e. The number of carbonyl (C=O) groups excluding carboxylic acids is 1. The van der Waals surface area contributed by atoms with Gasteiger partial charge in [-0.15, -0.1) is 0 Å². The van der Waals surface area contributed by atoms with E-state index >= 15 is 0 Å². The van der Waals surface area contributed by atoms with Crippen LogP contribution in [0.2, 0.25) is 0 Å². The van der Waals surface area contributed by atoms with E-state index in [0.717, 1.165) is 25.9 Å². The lowest BCUT2D eigenvalue weighted by molar-refractivity contribution is -0.163. The summed E-state index contributed by atoms with van der Waals surface area (Å²) in [6.07, 6.45) is -3.58. The molecule has 0 aromatic carbocycles. The summed E-state index contributed by atoms with van der Waals surface area (Å²) in [4.78, 5) is 13.0. The summed E-state index contributed by atoms with van der Waals surface area (Å²) in [5, 5.41) is 3.14. The van der Waals surface area contributed by atoms with Crippen molar-refractivity contribution in [2.45, 2.75) is 44.8 Å². The number of piperidine rings is 1. The molecule has 0 bridgehead atoms. The molecule has 17 heavy (non-hydrogen) atoms. The van der Waals surface area contributed by atoms with Crippen LogP contribution >= 0.6 is 0 Å². The normalized spacial score (nSPS) is 18.1. The van der Waals surface area contributed by atoms with Gasteiger partial charge in [0.1, 0.15) is 6.42 Å². The molecule has 0 aromatic rings. The van der Waals surface area contributed by atoms with E-state index in [1.807, 2.05) is 6.92 Å². The highest BCUT2D eigenvalue weighted by molar-refractivity contribution is 5.77. The van der Waals surface area contributed by atoms with Crippen molar-refractivity contribution in [2.75, 3.05) is 19.6 Å². The van der Waals surface area contributed by atoms with Gasteiger partial charge >= 0.3 is 6.18 Å². The minimum absolute atomic E-state index is 0.0361. The number of amides is 1. The van der Waals surface area contributed by atoms with Crippen molar-refractivity contribution in [1.82, 2.24) is 10.2 Å². The highest BCUT2D eigenvalue weighted by atomic mass is 19.4. The molecule has 1 N–H and O–H groups in total. The van der Waals surface area contributed by atoms with Crippen LogP contribution in [0.3, 0.4) is 0 Å². The lowest BCUT2D eigenvalue weighted by atomic mass is 10.0. The zero-order valence-corrected chi connectivity index (χ0v) is 10.0. The topological polar surface area (TPSA) is 32.3 Å². The van der Waals surface area contributed by atoms with E-state index in [1.54, 1.807) is 0 Å². The standard InChI is InChI=1S/C11H19F3N2O/c1-2-7-16(9-3-5-15-6-4-9)10(17)8-11(12,13)14/h9,15H,2-8H2,1H3. The Morgan fingerprint density at radius 1 is 1.35 bits per heavy atom. The molecule has 3 nitrogen and oxygen atoms in total. The largest absolute Gasteiger partial charge is 0.397 e. The minimum Gasteiger partial charge on any atom is -0.339 e. The van der Waals surface area contributed by atoms with Gasteiger partial charge in [0.05, 0.1) is 0 Å². The van der Waals surface area contributed by atoms with Gasteiger partial charge in [0.2, 0.25) is 5.91 Å². The second-order valence-corrected chi connectivity index (χ2v) is 4.36. The molecule has 0 aromatic heterocycles. The Morgan fingerprint density at radius 2 is 1.94 bits per heavy atom. The SMILES string of the molecule is CCCN(C(=O)CC(F)(F)F)C1CCNCC1. The lowest BCUT2D eigenvalue weighted by Gasteiger charge is -2.34. The van der Waals surface area contributed by atoms with Crippen molar-refractivity contribution in [2.24, 2.45) is 0 Å². The third kappa shape index (κ3) is 4.93. The summed E-state index contributed by atoms with van der Waals surface area (Å²) in [6, 6.07) is -0.0361. The van der Waals surface area contributed by atoms with Gasteiger partial charge < -0.3 is 10.2 Å². The van der Waals surface area contributed by atoms with Crippen LogP contribution in [-0.2, 0) is 4.79 Å². The van der Waals surface area contributed by atoms with Crippen LogP contribution in [-0.4, -0.2) is 42.7 Å². The summed E-state index contributed by atoms with van der Waals surface area (Å²) in [7, 11) is 0. The second-order valence-electron chi connectivity index (χ2n) is 4.36. The average molecular weight is 252 g/mol. The van der Waals surface area contributed by atoms with Gasteiger partial charge in [0, 0.05) is 12.6 Å². The van der Waals surface area contributed by atoms with E-state index in [2.05, 4.69) is 5.32 Å². The first-order valence-electron chi connectivity index (χ1n) is 6.01. The molecule has 0 unspecified atom stereocenters. The van der Waals surface area contributed by atoms with E-state index < -0.39 is 18.5 Å². The molecule has 0 aliphatic carbocycles. The number of hydrogen-bond acceptors (Lipinski definition) is 2. The summed E-state index contributed by atoms with van der Waals surface area (Å²) in [6.45, 7) is 3.82. The summed E-state index contributed by atoms with van der Waals surface area (Å²) >= 11 is 0. The van der Waals surface area contributed by atoms with E-state index in [-0.39, 0.29) is 6.04 Å². The van der Waals surface area contributed by atoms with Crippen molar-refractivity contribution in [3.63, 3.8) is 0 Å². The molecule has 100 valence electrons. The predicted molar refractivity (Wildman–Crippen MR) is 58.6 cm³/mol. The summed E-state index contributed by atoms with van der Waals surface area (Å²) in [5.74, 6) is -0.786. The van der Waals surface area contributed by atoms with Gasteiger partial charge in [0.25, 0.3) is 0 Å². The maximum absolute atomic E-state index is 12.2. The van der Waals surface area contributed by atoms with E-state index in [4.69, 9.17) is 0 Å². The van der Waals surface area contributed by atoms with Gasteiger partial charge in [-0.3, -0.25) is 4.79 Å². The minimum atomic E-state index is -4.41. The summed E-state index contributed by atoms with van der Waals surface area (Å²) in [5.41, 5.74) is 0. The number of halogens is 3. The molecule has 0 spiro atoms. The fraction of sp³-hybridized carbons (Fsp3) is 0.909. The van der Waals surface area contributed by atoms with Crippen LogP contribution in [0.15, 0.2) is 0 Å². The quantitative estimate of drug-likeness (QED) is 0.829. The maximum atomic E-state index is 12.2. The highest BCUT2D eigenvalue weighted by Crippen LogP contribution is 2.23. The highest BCUT2D eigenvalue weighted by Gasteiger charge is 2.35. The maximum Gasteiger partial charge on any atom is 0.397 e. The van der Waals surface area contributed by atoms with Gasteiger partial charge in [-0.05, 0) is 32.4 Å². The Balaban J connectivity index is 2.60. The predicted octanol–water partition coefficient (Wildman–Crippen LogP) is 1.93. The van der Waals surface area contributed by atoms with E-state index in [1.165, 1.54) is 4.90 Å². The number of hydrogen-bond donors (Lipinski definition) is 1. The molecule has 0 radical (unpaired) electrons.